The lowest BCUT2D eigenvalue weighted by Gasteiger charge is -2.32. The van der Waals surface area contributed by atoms with Crippen LogP contribution in [0.15, 0.2) is 48.8 Å². The Morgan fingerprint density at radius 3 is 2.45 bits per heavy atom. The Kier molecular flexibility index (Phi) is 10.0. The van der Waals surface area contributed by atoms with Gasteiger partial charge in [-0.25, -0.2) is 9.99 Å². The molecule has 0 saturated carbocycles. The fourth-order valence-electron chi connectivity index (χ4n) is 4.59. The highest BCUT2D eigenvalue weighted by Gasteiger charge is 2.27. The molecule has 1 aliphatic rings. The van der Waals surface area contributed by atoms with E-state index in [1.807, 2.05) is 47.2 Å². The zero-order valence-electron chi connectivity index (χ0n) is 22.2. The molecule has 2 amide bonds. The molecule has 2 N–H and O–H groups in total. The lowest BCUT2D eigenvalue weighted by Crippen LogP contribution is -2.48. The molecule has 9 heteroatoms. The Hall–Kier alpha value is -3.72. The standard InChI is InChI=1S/C28H37N7O2.CH4/c1-20(2)8-7-13-29-26(36)17-34(25-14-22(12-11-21(25)3)28-30-19-31-32-28)18-27(37)33(4)35-15-23-9-5-6-10-24(23)16-35;/h5-6,9-12,14,19-20H,7-8,13,15-18H2,1-4H3,(H,29,36)(H,30,31,32);1H4. The minimum atomic E-state index is -0.0998. The van der Waals surface area contributed by atoms with Crippen LogP contribution in [0.2, 0.25) is 0 Å². The summed E-state index contributed by atoms with van der Waals surface area (Å²) in [6.07, 6.45) is 3.45. The molecule has 1 aliphatic heterocycles. The zero-order chi connectivity index (χ0) is 26.4. The fourth-order valence-corrected chi connectivity index (χ4v) is 4.59. The third-order valence-corrected chi connectivity index (χ3v) is 6.79. The Labute approximate surface area is 226 Å². The third-order valence-electron chi connectivity index (χ3n) is 6.79. The van der Waals surface area contributed by atoms with Crippen LogP contribution >= 0.6 is 0 Å². The van der Waals surface area contributed by atoms with Crippen molar-refractivity contribution in [2.75, 3.05) is 31.6 Å². The first-order valence-corrected chi connectivity index (χ1v) is 12.9. The van der Waals surface area contributed by atoms with Crippen LogP contribution in [0, 0.1) is 12.8 Å². The van der Waals surface area contributed by atoms with Gasteiger partial charge in [0.05, 0.1) is 13.1 Å². The number of fused-ring (bicyclic) bond motifs is 1. The quantitative estimate of drug-likeness (QED) is 0.369. The minimum absolute atomic E-state index is 0. The maximum absolute atomic E-state index is 13.5. The first-order chi connectivity index (χ1) is 17.8. The van der Waals surface area contributed by atoms with Gasteiger partial charge in [0.25, 0.3) is 5.91 Å². The highest BCUT2D eigenvalue weighted by atomic mass is 16.2. The Morgan fingerprint density at radius 1 is 1.11 bits per heavy atom. The minimum Gasteiger partial charge on any atom is -0.355 e. The topological polar surface area (TPSA) is 97.5 Å². The zero-order valence-corrected chi connectivity index (χ0v) is 22.2. The summed E-state index contributed by atoms with van der Waals surface area (Å²) in [5.74, 6) is 1.06. The number of aromatic nitrogens is 3. The lowest BCUT2D eigenvalue weighted by molar-refractivity contribution is -0.145. The average molecular weight is 520 g/mol. The predicted molar refractivity (Wildman–Crippen MR) is 151 cm³/mol. The van der Waals surface area contributed by atoms with Gasteiger partial charge in [-0.1, -0.05) is 57.7 Å². The summed E-state index contributed by atoms with van der Waals surface area (Å²) in [6, 6.07) is 14.1. The van der Waals surface area contributed by atoms with E-state index in [-0.39, 0.29) is 32.3 Å². The summed E-state index contributed by atoms with van der Waals surface area (Å²) in [5, 5.41) is 13.6. The summed E-state index contributed by atoms with van der Waals surface area (Å²) < 4.78 is 0. The van der Waals surface area contributed by atoms with Crippen LogP contribution in [0.3, 0.4) is 0 Å². The number of aromatic amines is 1. The summed E-state index contributed by atoms with van der Waals surface area (Å²) in [5.41, 5.74) is 5.10. The molecule has 2 heterocycles. The van der Waals surface area contributed by atoms with Gasteiger partial charge in [0.1, 0.15) is 6.33 Å². The van der Waals surface area contributed by atoms with Crippen LogP contribution in [0.5, 0.6) is 0 Å². The van der Waals surface area contributed by atoms with E-state index in [2.05, 4.69) is 46.5 Å². The number of nitrogens with zero attached hydrogens (tertiary/aromatic N) is 5. The first-order valence-electron chi connectivity index (χ1n) is 12.9. The molecule has 0 unspecified atom stereocenters. The van der Waals surface area contributed by atoms with Gasteiger partial charge in [-0.2, -0.15) is 5.10 Å². The van der Waals surface area contributed by atoms with Crippen molar-refractivity contribution in [1.29, 1.82) is 0 Å². The number of rotatable bonds is 11. The molecule has 0 aliphatic carbocycles. The number of hydrogen-bond donors (Lipinski definition) is 2. The molecular weight excluding hydrogens is 478 g/mol. The van der Waals surface area contributed by atoms with Crippen LogP contribution in [-0.2, 0) is 22.7 Å². The van der Waals surface area contributed by atoms with Crippen molar-refractivity contribution >= 4 is 17.5 Å². The summed E-state index contributed by atoms with van der Waals surface area (Å²) in [4.78, 5) is 32.5. The molecule has 1 aromatic heterocycles. The highest BCUT2D eigenvalue weighted by Crippen LogP contribution is 2.27. The second-order valence-corrected chi connectivity index (χ2v) is 10.1. The van der Waals surface area contributed by atoms with Crippen molar-refractivity contribution in [3.63, 3.8) is 0 Å². The van der Waals surface area contributed by atoms with Gasteiger partial charge >= 0.3 is 0 Å². The summed E-state index contributed by atoms with van der Waals surface area (Å²) >= 11 is 0. The van der Waals surface area contributed by atoms with Gasteiger partial charge in [0.2, 0.25) is 5.91 Å². The molecule has 2 aromatic carbocycles. The van der Waals surface area contributed by atoms with E-state index >= 15 is 0 Å². The number of carbonyl (C=O) groups excluding carboxylic acids is 2. The molecule has 4 rings (SSSR count). The maximum Gasteiger partial charge on any atom is 0.256 e. The highest BCUT2D eigenvalue weighted by molar-refractivity contribution is 5.87. The smallest absolute Gasteiger partial charge is 0.256 e. The molecule has 0 radical (unpaired) electrons. The van der Waals surface area contributed by atoms with Crippen LogP contribution < -0.4 is 10.2 Å². The van der Waals surface area contributed by atoms with Crippen LogP contribution in [0.1, 0.15) is 50.8 Å². The third kappa shape index (κ3) is 7.19. The second-order valence-electron chi connectivity index (χ2n) is 10.1. The number of carbonyl (C=O) groups is 2. The van der Waals surface area contributed by atoms with Crippen molar-refractivity contribution in [3.8, 4) is 11.4 Å². The molecule has 9 nitrogen and oxygen atoms in total. The van der Waals surface area contributed by atoms with Gasteiger partial charge in [0.15, 0.2) is 5.82 Å². The van der Waals surface area contributed by atoms with Crippen molar-refractivity contribution in [3.05, 3.63) is 65.5 Å². The molecule has 0 bridgehead atoms. The normalized spacial score (nSPS) is 12.7. The molecule has 38 heavy (non-hydrogen) atoms. The summed E-state index contributed by atoms with van der Waals surface area (Å²) in [7, 11) is 1.80. The van der Waals surface area contributed by atoms with E-state index in [4.69, 9.17) is 0 Å². The molecule has 0 atom stereocenters. The van der Waals surface area contributed by atoms with Crippen molar-refractivity contribution in [1.82, 2.24) is 30.5 Å². The molecule has 3 aromatic rings. The van der Waals surface area contributed by atoms with E-state index in [1.165, 1.54) is 17.5 Å². The Bertz CT molecular complexity index is 1180. The van der Waals surface area contributed by atoms with Gasteiger partial charge in [-0.15, -0.1) is 0 Å². The van der Waals surface area contributed by atoms with E-state index in [0.29, 0.717) is 31.4 Å². The van der Waals surface area contributed by atoms with Gasteiger partial charge < -0.3 is 10.2 Å². The molecule has 0 fully saturated rings. The number of hydrogen-bond acceptors (Lipinski definition) is 6. The van der Waals surface area contributed by atoms with Gasteiger partial charge in [0, 0.05) is 37.9 Å². The van der Waals surface area contributed by atoms with E-state index < -0.39 is 0 Å². The van der Waals surface area contributed by atoms with Crippen LogP contribution in [0.4, 0.5) is 5.69 Å². The number of benzene rings is 2. The molecule has 204 valence electrons. The van der Waals surface area contributed by atoms with E-state index in [1.54, 1.807) is 12.1 Å². The predicted octanol–water partition coefficient (Wildman–Crippen LogP) is 4.16. The van der Waals surface area contributed by atoms with Crippen molar-refractivity contribution in [2.45, 2.75) is 54.1 Å². The number of nitrogens with one attached hydrogen (secondary N) is 2. The van der Waals surface area contributed by atoms with E-state index in [0.717, 1.165) is 29.7 Å². The van der Waals surface area contributed by atoms with Crippen LogP contribution in [-0.4, -0.2) is 63.7 Å². The lowest BCUT2D eigenvalue weighted by atomic mass is 10.1. The first kappa shape index (κ1) is 28.8. The average Bonchev–Trinajstić information content (AvgIpc) is 3.56. The van der Waals surface area contributed by atoms with Gasteiger partial charge in [-0.05, 0) is 48.4 Å². The fraction of sp³-hybridized carbons (Fsp3) is 0.448. The molecular formula is C29H41N7O2. The maximum atomic E-state index is 13.5. The number of amides is 2. The van der Waals surface area contributed by atoms with Crippen LogP contribution in [0.25, 0.3) is 11.4 Å². The second kappa shape index (κ2) is 13.2. The van der Waals surface area contributed by atoms with Crippen molar-refractivity contribution < 1.29 is 9.59 Å². The number of aryl methyl sites for hydroxylation is 1. The van der Waals surface area contributed by atoms with E-state index in [9.17, 15) is 9.59 Å². The number of anilines is 1. The number of hydrazine groups is 1. The largest absolute Gasteiger partial charge is 0.355 e. The number of likely N-dealkylation sites (N-methyl/N-ethyl adjacent to an activating group) is 1. The SMILES string of the molecule is C.Cc1ccc(-c2ncn[nH]2)cc1N(CC(=O)NCCCC(C)C)CC(=O)N(C)N1Cc2ccccc2C1. The monoisotopic (exact) mass is 519 g/mol. The Morgan fingerprint density at radius 2 is 1.82 bits per heavy atom. The molecule has 0 spiro atoms. The molecule has 0 saturated heterocycles. The number of H-pyrrole nitrogens is 1. The summed E-state index contributed by atoms with van der Waals surface area (Å²) in [6.45, 7) is 8.50. The van der Waals surface area contributed by atoms with Crippen molar-refractivity contribution in [2.24, 2.45) is 5.92 Å². The Balaban J connectivity index is 0.00000400. The van der Waals surface area contributed by atoms with Gasteiger partial charge in [-0.3, -0.25) is 19.7 Å².